The molecular weight excluding hydrogens is 222 g/mol. The SMILES string of the molecule is Cc1ccc2[nH]c(-c3ccccc3)c(C=O)c2c1. The molecular formula is C16H13NO. The summed E-state index contributed by atoms with van der Waals surface area (Å²) >= 11 is 0. The lowest BCUT2D eigenvalue weighted by atomic mass is 10.1. The van der Waals surface area contributed by atoms with Crippen LogP contribution < -0.4 is 0 Å². The summed E-state index contributed by atoms with van der Waals surface area (Å²) in [5.41, 5.74) is 4.82. The number of H-pyrrole nitrogens is 1. The monoisotopic (exact) mass is 235 g/mol. The molecule has 3 rings (SSSR count). The largest absolute Gasteiger partial charge is 0.354 e. The number of carbonyl (C=O) groups excluding carboxylic acids is 1. The van der Waals surface area contributed by atoms with Crippen LogP contribution in [0.4, 0.5) is 0 Å². The molecule has 1 N–H and O–H groups in total. The van der Waals surface area contributed by atoms with E-state index in [1.54, 1.807) is 0 Å². The Morgan fingerprint density at radius 3 is 2.56 bits per heavy atom. The molecule has 2 nitrogen and oxygen atoms in total. The van der Waals surface area contributed by atoms with Crippen LogP contribution in [-0.2, 0) is 0 Å². The molecule has 0 radical (unpaired) electrons. The number of hydrogen-bond acceptors (Lipinski definition) is 1. The Balaban J connectivity index is 2.33. The number of fused-ring (bicyclic) bond motifs is 1. The first-order valence-electron chi connectivity index (χ1n) is 5.92. The summed E-state index contributed by atoms with van der Waals surface area (Å²) in [4.78, 5) is 14.7. The Hall–Kier alpha value is -2.35. The van der Waals surface area contributed by atoms with Crippen molar-refractivity contribution in [2.45, 2.75) is 6.92 Å². The van der Waals surface area contributed by atoms with E-state index in [0.29, 0.717) is 0 Å². The summed E-state index contributed by atoms with van der Waals surface area (Å²) in [7, 11) is 0. The van der Waals surface area contributed by atoms with Crippen molar-refractivity contribution in [2.75, 3.05) is 0 Å². The zero-order chi connectivity index (χ0) is 12.5. The summed E-state index contributed by atoms with van der Waals surface area (Å²) in [6.45, 7) is 2.03. The van der Waals surface area contributed by atoms with Crippen LogP contribution in [0.1, 0.15) is 15.9 Å². The van der Waals surface area contributed by atoms with E-state index in [1.807, 2.05) is 55.5 Å². The molecule has 0 fully saturated rings. The number of aromatic nitrogens is 1. The van der Waals surface area contributed by atoms with Crippen molar-refractivity contribution >= 4 is 17.2 Å². The summed E-state index contributed by atoms with van der Waals surface area (Å²) in [5.74, 6) is 0. The standard InChI is InChI=1S/C16H13NO/c1-11-7-8-15-13(9-11)14(10-18)16(17-15)12-5-3-2-4-6-12/h2-10,17H,1H3. The van der Waals surface area contributed by atoms with Gasteiger partial charge >= 0.3 is 0 Å². The van der Waals surface area contributed by atoms with Crippen LogP contribution >= 0.6 is 0 Å². The van der Waals surface area contributed by atoms with Gasteiger partial charge in [0.05, 0.1) is 5.69 Å². The van der Waals surface area contributed by atoms with Gasteiger partial charge in [0, 0.05) is 16.5 Å². The molecule has 3 aromatic rings. The number of aryl methyl sites for hydroxylation is 1. The third kappa shape index (κ3) is 1.63. The topological polar surface area (TPSA) is 32.9 Å². The third-order valence-corrected chi connectivity index (χ3v) is 3.17. The molecule has 0 aliphatic rings. The van der Waals surface area contributed by atoms with E-state index in [9.17, 15) is 4.79 Å². The molecule has 0 saturated carbocycles. The van der Waals surface area contributed by atoms with E-state index in [2.05, 4.69) is 4.98 Å². The molecule has 1 aromatic heterocycles. The smallest absolute Gasteiger partial charge is 0.152 e. The van der Waals surface area contributed by atoms with Crippen LogP contribution in [0.5, 0.6) is 0 Å². The number of aromatic amines is 1. The van der Waals surface area contributed by atoms with Gasteiger partial charge < -0.3 is 4.98 Å². The minimum atomic E-state index is 0.736. The van der Waals surface area contributed by atoms with Crippen molar-refractivity contribution < 1.29 is 4.79 Å². The fraction of sp³-hybridized carbons (Fsp3) is 0.0625. The molecule has 0 aliphatic heterocycles. The Morgan fingerprint density at radius 1 is 1.06 bits per heavy atom. The van der Waals surface area contributed by atoms with Gasteiger partial charge in [-0.3, -0.25) is 4.79 Å². The first-order chi connectivity index (χ1) is 8.79. The lowest BCUT2D eigenvalue weighted by Crippen LogP contribution is -1.83. The highest BCUT2D eigenvalue weighted by Gasteiger charge is 2.12. The summed E-state index contributed by atoms with van der Waals surface area (Å²) in [6, 6.07) is 16.0. The van der Waals surface area contributed by atoms with Gasteiger partial charge in [0.15, 0.2) is 6.29 Å². The molecule has 0 unspecified atom stereocenters. The molecule has 0 saturated heterocycles. The second-order valence-electron chi connectivity index (χ2n) is 4.45. The summed E-state index contributed by atoms with van der Waals surface area (Å²) < 4.78 is 0. The van der Waals surface area contributed by atoms with Crippen LogP contribution in [0.3, 0.4) is 0 Å². The number of nitrogens with one attached hydrogen (secondary N) is 1. The molecule has 88 valence electrons. The van der Waals surface area contributed by atoms with Gasteiger partial charge in [-0.1, -0.05) is 42.0 Å². The number of aldehydes is 1. The zero-order valence-corrected chi connectivity index (χ0v) is 10.1. The molecule has 0 aliphatic carbocycles. The molecule has 2 heteroatoms. The van der Waals surface area contributed by atoms with Gasteiger partial charge in [-0.05, 0) is 24.6 Å². The third-order valence-electron chi connectivity index (χ3n) is 3.17. The van der Waals surface area contributed by atoms with Crippen LogP contribution in [-0.4, -0.2) is 11.3 Å². The minimum absolute atomic E-state index is 0.736. The van der Waals surface area contributed by atoms with Gasteiger partial charge in [0.25, 0.3) is 0 Å². The number of rotatable bonds is 2. The van der Waals surface area contributed by atoms with E-state index in [0.717, 1.165) is 39.6 Å². The fourth-order valence-electron chi connectivity index (χ4n) is 2.28. The van der Waals surface area contributed by atoms with Gasteiger partial charge in [-0.25, -0.2) is 0 Å². The summed E-state index contributed by atoms with van der Waals surface area (Å²) in [6.07, 6.45) is 0.931. The van der Waals surface area contributed by atoms with E-state index in [-0.39, 0.29) is 0 Å². The Kier molecular flexibility index (Phi) is 2.49. The Labute approximate surface area is 105 Å². The molecule has 0 spiro atoms. The second kappa shape index (κ2) is 4.15. The first-order valence-corrected chi connectivity index (χ1v) is 5.92. The van der Waals surface area contributed by atoms with E-state index < -0.39 is 0 Å². The van der Waals surface area contributed by atoms with Crippen LogP contribution in [0.25, 0.3) is 22.2 Å². The highest BCUT2D eigenvalue weighted by atomic mass is 16.1. The summed E-state index contributed by atoms with van der Waals surface area (Å²) in [5, 5.41) is 0.990. The van der Waals surface area contributed by atoms with Gasteiger partial charge in [0.1, 0.15) is 0 Å². The number of hydrogen-bond donors (Lipinski definition) is 1. The molecule has 0 bridgehead atoms. The van der Waals surface area contributed by atoms with Crippen molar-refractivity contribution in [1.29, 1.82) is 0 Å². The maximum atomic E-state index is 11.4. The quantitative estimate of drug-likeness (QED) is 0.670. The highest BCUT2D eigenvalue weighted by molar-refractivity contribution is 6.04. The zero-order valence-electron chi connectivity index (χ0n) is 10.1. The molecule has 0 atom stereocenters. The van der Waals surface area contributed by atoms with E-state index in [4.69, 9.17) is 0 Å². The van der Waals surface area contributed by atoms with Crippen molar-refractivity contribution in [3.8, 4) is 11.3 Å². The van der Waals surface area contributed by atoms with Crippen LogP contribution in [0.2, 0.25) is 0 Å². The molecule has 2 aromatic carbocycles. The van der Waals surface area contributed by atoms with Crippen molar-refractivity contribution in [3.63, 3.8) is 0 Å². The lowest BCUT2D eigenvalue weighted by Gasteiger charge is -1.98. The lowest BCUT2D eigenvalue weighted by molar-refractivity contribution is 0.112. The van der Waals surface area contributed by atoms with E-state index in [1.165, 1.54) is 0 Å². The van der Waals surface area contributed by atoms with Crippen molar-refractivity contribution in [1.82, 2.24) is 4.98 Å². The number of carbonyl (C=O) groups is 1. The van der Waals surface area contributed by atoms with Gasteiger partial charge in [0.2, 0.25) is 0 Å². The Bertz CT molecular complexity index is 711. The average Bonchev–Trinajstić information content (AvgIpc) is 2.77. The van der Waals surface area contributed by atoms with Crippen molar-refractivity contribution in [2.24, 2.45) is 0 Å². The van der Waals surface area contributed by atoms with E-state index >= 15 is 0 Å². The van der Waals surface area contributed by atoms with Crippen molar-refractivity contribution in [3.05, 3.63) is 59.7 Å². The molecule has 1 heterocycles. The maximum Gasteiger partial charge on any atom is 0.152 e. The normalized spacial score (nSPS) is 10.7. The molecule has 0 amide bonds. The first kappa shape index (κ1) is 10.8. The average molecular weight is 235 g/mol. The Morgan fingerprint density at radius 2 is 1.83 bits per heavy atom. The van der Waals surface area contributed by atoms with Gasteiger partial charge in [-0.2, -0.15) is 0 Å². The predicted molar refractivity (Wildman–Crippen MR) is 73.9 cm³/mol. The second-order valence-corrected chi connectivity index (χ2v) is 4.45. The minimum Gasteiger partial charge on any atom is -0.354 e. The molecule has 18 heavy (non-hydrogen) atoms. The maximum absolute atomic E-state index is 11.4. The highest BCUT2D eigenvalue weighted by Crippen LogP contribution is 2.29. The number of benzene rings is 2. The van der Waals surface area contributed by atoms with Crippen LogP contribution in [0, 0.1) is 6.92 Å². The fourth-order valence-corrected chi connectivity index (χ4v) is 2.28. The van der Waals surface area contributed by atoms with Gasteiger partial charge in [-0.15, -0.1) is 0 Å². The van der Waals surface area contributed by atoms with Crippen LogP contribution in [0.15, 0.2) is 48.5 Å². The predicted octanol–water partition coefficient (Wildman–Crippen LogP) is 3.96.